The molecule has 0 aliphatic heterocycles. The molecular weight excluding hydrogens is 200 g/mol. The normalized spacial score (nSPS) is 11.2. The summed E-state index contributed by atoms with van der Waals surface area (Å²) in [6, 6.07) is 0. The molecule has 0 radical (unpaired) electrons. The van der Waals surface area contributed by atoms with Gasteiger partial charge in [-0.15, -0.1) is 10.2 Å². The predicted molar refractivity (Wildman–Crippen MR) is 54.6 cm³/mol. The second-order valence-corrected chi connectivity index (χ2v) is 4.00. The number of thioether (sulfide) groups is 1. The molecule has 2 rings (SSSR count). The van der Waals surface area contributed by atoms with E-state index in [1.54, 1.807) is 16.3 Å². The van der Waals surface area contributed by atoms with E-state index in [0.29, 0.717) is 5.78 Å². The maximum atomic E-state index is 5.57. The number of nitrogen functional groups attached to an aromatic ring is 1. The Morgan fingerprint density at radius 1 is 1.50 bits per heavy atom. The van der Waals surface area contributed by atoms with Gasteiger partial charge in [-0.25, -0.2) is 4.68 Å². The van der Waals surface area contributed by atoms with Crippen molar-refractivity contribution in [3.63, 3.8) is 0 Å². The second-order valence-electron chi connectivity index (χ2n) is 2.93. The summed E-state index contributed by atoms with van der Waals surface area (Å²) in [6.07, 6.45) is 3.87. The van der Waals surface area contributed by atoms with Gasteiger partial charge in [0.25, 0.3) is 5.78 Å². The highest BCUT2D eigenvalue weighted by molar-refractivity contribution is 7.99. The van der Waals surface area contributed by atoms with Crippen molar-refractivity contribution in [1.82, 2.24) is 24.5 Å². The smallest absolute Gasteiger partial charge is 0.273 e. The second kappa shape index (κ2) is 3.87. The summed E-state index contributed by atoms with van der Waals surface area (Å²) in [5, 5.41) is 12.8. The molecule has 6 nitrogen and oxygen atoms in total. The molecule has 0 aliphatic carbocycles. The molecular formula is C7H12N6S. The van der Waals surface area contributed by atoms with E-state index < -0.39 is 0 Å². The molecule has 0 bridgehead atoms. The third kappa shape index (κ3) is 1.54. The van der Waals surface area contributed by atoms with E-state index in [2.05, 4.69) is 22.2 Å². The van der Waals surface area contributed by atoms with Gasteiger partial charge in [0.2, 0.25) is 5.16 Å². The molecule has 0 aromatic carbocycles. The fourth-order valence-corrected chi connectivity index (χ4v) is 2.04. The summed E-state index contributed by atoms with van der Waals surface area (Å²) >= 11 is 1.65. The summed E-state index contributed by atoms with van der Waals surface area (Å²) in [6.45, 7) is 2.16. The van der Waals surface area contributed by atoms with Crippen LogP contribution in [0.25, 0.3) is 5.78 Å². The molecule has 7 heteroatoms. The van der Waals surface area contributed by atoms with Crippen molar-refractivity contribution >= 4 is 17.5 Å². The van der Waals surface area contributed by atoms with Crippen LogP contribution in [0.2, 0.25) is 0 Å². The topological polar surface area (TPSA) is 74.0 Å². The zero-order chi connectivity index (χ0) is 9.97. The van der Waals surface area contributed by atoms with E-state index >= 15 is 0 Å². The number of nitrogens with two attached hydrogens (primary N) is 1. The number of hydrogen-bond donors (Lipinski definition) is 1. The first-order valence-electron chi connectivity index (χ1n) is 4.49. The summed E-state index contributed by atoms with van der Waals surface area (Å²) < 4.78 is 3.01. The zero-order valence-corrected chi connectivity index (χ0v) is 8.74. The summed E-state index contributed by atoms with van der Waals surface area (Å²) in [4.78, 5) is 0. The maximum Gasteiger partial charge on any atom is 0.273 e. The third-order valence-electron chi connectivity index (χ3n) is 1.85. The molecule has 2 heterocycles. The largest absolute Gasteiger partial charge is 0.335 e. The first-order valence-corrected chi connectivity index (χ1v) is 5.48. The van der Waals surface area contributed by atoms with Gasteiger partial charge in [-0.2, -0.15) is 9.61 Å². The molecule has 0 saturated heterocycles. The minimum Gasteiger partial charge on any atom is -0.335 e. The molecule has 76 valence electrons. The molecule has 0 atom stereocenters. The minimum atomic E-state index is 0.573. The van der Waals surface area contributed by atoms with Crippen molar-refractivity contribution in [2.75, 3.05) is 11.6 Å². The lowest BCUT2D eigenvalue weighted by molar-refractivity contribution is 0.814. The SMILES string of the molecule is CCCCSc1nnc2n(N)cnn12. The Morgan fingerprint density at radius 2 is 2.36 bits per heavy atom. The Labute approximate surface area is 85.5 Å². The van der Waals surface area contributed by atoms with Gasteiger partial charge >= 0.3 is 0 Å². The molecule has 0 spiro atoms. The van der Waals surface area contributed by atoms with Gasteiger partial charge in [0.15, 0.2) is 0 Å². The van der Waals surface area contributed by atoms with E-state index in [0.717, 1.165) is 10.9 Å². The Hall–Kier alpha value is -1.24. The van der Waals surface area contributed by atoms with Crippen molar-refractivity contribution in [2.45, 2.75) is 24.9 Å². The van der Waals surface area contributed by atoms with Crippen LogP contribution in [0.15, 0.2) is 11.5 Å². The highest BCUT2D eigenvalue weighted by atomic mass is 32.2. The monoisotopic (exact) mass is 212 g/mol. The quantitative estimate of drug-likeness (QED) is 0.454. The van der Waals surface area contributed by atoms with E-state index in [9.17, 15) is 0 Å². The first-order chi connectivity index (χ1) is 6.83. The van der Waals surface area contributed by atoms with Crippen LogP contribution in [0.5, 0.6) is 0 Å². The fourth-order valence-electron chi connectivity index (χ4n) is 1.08. The molecule has 0 amide bonds. The van der Waals surface area contributed by atoms with Crippen LogP contribution in [0.4, 0.5) is 0 Å². The lowest BCUT2D eigenvalue weighted by Gasteiger charge is -1.93. The number of rotatable bonds is 4. The maximum absolute atomic E-state index is 5.57. The Balaban J connectivity index is 2.17. The molecule has 0 fully saturated rings. The number of nitrogens with zero attached hydrogens (tertiary/aromatic N) is 5. The van der Waals surface area contributed by atoms with E-state index in [1.165, 1.54) is 23.8 Å². The summed E-state index contributed by atoms with van der Waals surface area (Å²) in [7, 11) is 0. The van der Waals surface area contributed by atoms with Gasteiger partial charge in [-0.1, -0.05) is 25.1 Å². The summed E-state index contributed by atoms with van der Waals surface area (Å²) in [5.41, 5.74) is 0. The molecule has 2 N–H and O–H groups in total. The fraction of sp³-hybridized carbons (Fsp3) is 0.571. The lowest BCUT2D eigenvalue weighted by atomic mass is 10.4. The number of hydrogen-bond acceptors (Lipinski definition) is 5. The van der Waals surface area contributed by atoms with Crippen molar-refractivity contribution in [3.05, 3.63) is 6.33 Å². The van der Waals surface area contributed by atoms with Crippen molar-refractivity contribution in [3.8, 4) is 0 Å². The lowest BCUT2D eigenvalue weighted by Crippen LogP contribution is -2.06. The Kier molecular flexibility index (Phi) is 2.58. The van der Waals surface area contributed by atoms with Crippen LogP contribution in [-0.4, -0.2) is 30.2 Å². The van der Waals surface area contributed by atoms with Crippen LogP contribution >= 0.6 is 11.8 Å². The van der Waals surface area contributed by atoms with E-state index in [4.69, 9.17) is 5.84 Å². The average Bonchev–Trinajstić information content (AvgIpc) is 2.72. The van der Waals surface area contributed by atoms with Crippen LogP contribution in [0, 0.1) is 0 Å². The number of unbranched alkanes of at least 4 members (excludes halogenated alkanes) is 1. The number of fused-ring (bicyclic) bond motifs is 1. The van der Waals surface area contributed by atoms with Gasteiger partial charge in [-0.3, -0.25) is 0 Å². The first kappa shape index (κ1) is 9.32. The molecule has 14 heavy (non-hydrogen) atoms. The Morgan fingerprint density at radius 3 is 3.14 bits per heavy atom. The van der Waals surface area contributed by atoms with Crippen LogP contribution < -0.4 is 5.84 Å². The average molecular weight is 212 g/mol. The van der Waals surface area contributed by atoms with Gasteiger partial charge < -0.3 is 5.84 Å². The molecule has 2 aromatic rings. The van der Waals surface area contributed by atoms with Gasteiger partial charge in [0.05, 0.1) is 0 Å². The molecule has 2 aromatic heterocycles. The zero-order valence-electron chi connectivity index (χ0n) is 7.92. The molecule has 0 unspecified atom stereocenters. The van der Waals surface area contributed by atoms with Gasteiger partial charge in [0, 0.05) is 5.75 Å². The highest BCUT2D eigenvalue weighted by Gasteiger charge is 2.09. The van der Waals surface area contributed by atoms with Crippen molar-refractivity contribution in [2.24, 2.45) is 0 Å². The predicted octanol–water partition coefficient (Wildman–Crippen LogP) is 0.532. The Bertz CT molecular complexity index is 419. The van der Waals surface area contributed by atoms with E-state index in [-0.39, 0.29) is 0 Å². The van der Waals surface area contributed by atoms with E-state index in [1.807, 2.05) is 0 Å². The standard InChI is InChI=1S/C7H12N6S/c1-2-3-4-14-7-11-10-6-12(8)5-9-13(6)7/h5H,2-4,8H2,1H3. The number of aromatic nitrogens is 5. The third-order valence-corrected chi connectivity index (χ3v) is 2.85. The highest BCUT2D eigenvalue weighted by Crippen LogP contribution is 2.16. The van der Waals surface area contributed by atoms with Crippen LogP contribution in [0.1, 0.15) is 19.8 Å². The van der Waals surface area contributed by atoms with Crippen molar-refractivity contribution < 1.29 is 0 Å². The minimum absolute atomic E-state index is 0.573. The molecule has 0 saturated carbocycles. The van der Waals surface area contributed by atoms with Crippen molar-refractivity contribution in [1.29, 1.82) is 0 Å². The van der Waals surface area contributed by atoms with Gasteiger partial charge in [0.1, 0.15) is 6.33 Å². The van der Waals surface area contributed by atoms with Crippen LogP contribution in [-0.2, 0) is 0 Å². The van der Waals surface area contributed by atoms with Gasteiger partial charge in [-0.05, 0) is 6.42 Å². The van der Waals surface area contributed by atoms with Crippen LogP contribution in [0.3, 0.4) is 0 Å². The molecule has 0 aliphatic rings. The summed E-state index contributed by atoms with van der Waals surface area (Å²) in [5.74, 6) is 7.18.